The molecule has 142 valence electrons. The summed E-state index contributed by atoms with van der Waals surface area (Å²) in [6, 6.07) is 2.07. The van der Waals surface area contributed by atoms with Crippen LogP contribution in [-0.4, -0.2) is 65.8 Å². The maximum atomic E-state index is 12.7. The second kappa shape index (κ2) is 8.31. The summed E-state index contributed by atoms with van der Waals surface area (Å²) in [5, 5.41) is 3.43. The number of piperidine rings is 1. The largest absolute Gasteiger partial charge is 0.381 e. The van der Waals surface area contributed by atoms with Gasteiger partial charge >= 0.3 is 0 Å². The van der Waals surface area contributed by atoms with Gasteiger partial charge in [0.25, 0.3) is 0 Å². The molecule has 26 heavy (non-hydrogen) atoms. The van der Waals surface area contributed by atoms with Crippen LogP contribution >= 0.6 is 0 Å². The fraction of sp³-hybridized carbons (Fsp3) is 0.737. The standard InChI is InChI=1S/C19H28N4O3/c24-18(15-4-11-25-12-5-15)23-9-2-14(3-10-23)17-16(6-13-26-17)22-19-20-7-1-8-21-19/h1,7-8,14-17H,2-6,9-13H2,(H,20,21,22)/t16-,17+/m1/s1. The summed E-state index contributed by atoms with van der Waals surface area (Å²) < 4.78 is 11.4. The lowest BCUT2D eigenvalue weighted by molar-refractivity contribution is -0.140. The Balaban J connectivity index is 1.30. The molecule has 7 nitrogen and oxygen atoms in total. The smallest absolute Gasteiger partial charge is 0.225 e. The van der Waals surface area contributed by atoms with Crippen molar-refractivity contribution >= 4 is 11.9 Å². The molecule has 4 heterocycles. The molecule has 7 heteroatoms. The number of ether oxygens (including phenoxy) is 2. The number of hydrogen-bond acceptors (Lipinski definition) is 6. The van der Waals surface area contributed by atoms with Crippen molar-refractivity contribution in [2.24, 2.45) is 11.8 Å². The number of rotatable bonds is 4. The van der Waals surface area contributed by atoms with Gasteiger partial charge in [-0.25, -0.2) is 9.97 Å². The molecule has 0 aromatic carbocycles. The molecule has 1 N–H and O–H groups in total. The molecule has 1 amide bonds. The van der Waals surface area contributed by atoms with Crippen LogP contribution < -0.4 is 5.32 Å². The Kier molecular flexibility index (Phi) is 5.65. The molecule has 1 aromatic heterocycles. The van der Waals surface area contributed by atoms with Crippen LogP contribution in [0.1, 0.15) is 32.1 Å². The number of amides is 1. The lowest BCUT2D eigenvalue weighted by Crippen LogP contribution is -2.47. The van der Waals surface area contributed by atoms with Gasteiger partial charge in [0, 0.05) is 51.2 Å². The molecule has 1 aromatic rings. The molecule has 0 unspecified atom stereocenters. The average molecular weight is 360 g/mol. The van der Waals surface area contributed by atoms with Gasteiger partial charge in [0.15, 0.2) is 0 Å². The molecule has 0 bridgehead atoms. The van der Waals surface area contributed by atoms with Crippen LogP contribution in [-0.2, 0) is 14.3 Å². The van der Waals surface area contributed by atoms with Crippen molar-refractivity contribution < 1.29 is 14.3 Å². The van der Waals surface area contributed by atoms with Crippen LogP contribution in [0.4, 0.5) is 5.95 Å². The number of hydrogen-bond donors (Lipinski definition) is 1. The highest BCUT2D eigenvalue weighted by atomic mass is 16.5. The van der Waals surface area contributed by atoms with E-state index in [1.165, 1.54) is 0 Å². The number of likely N-dealkylation sites (tertiary alicyclic amines) is 1. The van der Waals surface area contributed by atoms with Crippen molar-refractivity contribution in [2.45, 2.75) is 44.2 Å². The van der Waals surface area contributed by atoms with Gasteiger partial charge in [-0.15, -0.1) is 0 Å². The van der Waals surface area contributed by atoms with Crippen LogP contribution in [0.25, 0.3) is 0 Å². The number of anilines is 1. The lowest BCUT2D eigenvalue weighted by atomic mass is 9.86. The van der Waals surface area contributed by atoms with Crippen LogP contribution in [0.2, 0.25) is 0 Å². The Morgan fingerprint density at radius 1 is 1.04 bits per heavy atom. The van der Waals surface area contributed by atoms with Crippen molar-refractivity contribution in [3.63, 3.8) is 0 Å². The Morgan fingerprint density at radius 2 is 1.77 bits per heavy atom. The van der Waals surface area contributed by atoms with E-state index in [-0.39, 0.29) is 18.1 Å². The van der Waals surface area contributed by atoms with Crippen LogP contribution in [0, 0.1) is 11.8 Å². The summed E-state index contributed by atoms with van der Waals surface area (Å²) in [6.45, 7) is 3.90. The lowest BCUT2D eigenvalue weighted by Gasteiger charge is -2.38. The Bertz CT molecular complexity index is 586. The topological polar surface area (TPSA) is 76.6 Å². The molecule has 4 rings (SSSR count). The van der Waals surface area contributed by atoms with E-state index >= 15 is 0 Å². The Labute approximate surface area is 154 Å². The predicted octanol–water partition coefficient (Wildman–Crippen LogP) is 1.71. The molecular formula is C19H28N4O3. The molecule has 3 fully saturated rings. The second-order valence-electron chi connectivity index (χ2n) is 7.50. The highest BCUT2D eigenvalue weighted by Crippen LogP contribution is 2.31. The molecule has 2 atom stereocenters. The van der Waals surface area contributed by atoms with Gasteiger partial charge in [0.1, 0.15) is 0 Å². The summed E-state index contributed by atoms with van der Waals surface area (Å²) in [6.07, 6.45) is 8.41. The summed E-state index contributed by atoms with van der Waals surface area (Å²) in [5.41, 5.74) is 0. The zero-order valence-corrected chi connectivity index (χ0v) is 15.2. The minimum atomic E-state index is 0.160. The van der Waals surface area contributed by atoms with E-state index in [0.29, 0.717) is 17.8 Å². The highest BCUT2D eigenvalue weighted by Gasteiger charge is 2.38. The number of aromatic nitrogens is 2. The third-order valence-corrected chi connectivity index (χ3v) is 5.90. The molecule has 3 aliphatic heterocycles. The van der Waals surface area contributed by atoms with Crippen molar-refractivity contribution in [3.05, 3.63) is 18.5 Å². The summed E-state index contributed by atoms with van der Waals surface area (Å²) in [4.78, 5) is 23.3. The van der Waals surface area contributed by atoms with Gasteiger partial charge in [-0.2, -0.15) is 0 Å². The first-order valence-electron chi connectivity index (χ1n) is 9.83. The Morgan fingerprint density at radius 3 is 2.50 bits per heavy atom. The Hall–Kier alpha value is -1.73. The van der Waals surface area contributed by atoms with Crippen molar-refractivity contribution in [3.8, 4) is 0 Å². The van der Waals surface area contributed by atoms with E-state index in [4.69, 9.17) is 9.47 Å². The van der Waals surface area contributed by atoms with Crippen molar-refractivity contribution in [1.82, 2.24) is 14.9 Å². The monoisotopic (exact) mass is 360 g/mol. The molecule has 0 spiro atoms. The third-order valence-electron chi connectivity index (χ3n) is 5.90. The maximum Gasteiger partial charge on any atom is 0.225 e. The van der Waals surface area contributed by atoms with Crippen molar-refractivity contribution in [1.29, 1.82) is 0 Å². The number of nitrogens with zero attached hydrogens (tertiary/aromatic N) is 3. The minimum absolute atomic E-state index is 0.160. The number of carbonyl (C=O) groups is 1. The summed E-state index contributed by atoms with van der Waals surface area (Å²) in [7, 11) is 0. The normalized spacial score (nSPS) is 28.2. The fourth-order valence-electron chi connectivity index (χ4n) is 4.42. The number of carbonyl (C=O) groups excluding carboxylic acids is 1. The van der Waals surface area contributed by atoms with Crippen LogP contribution in [0.15, 0.2) is 18.5 Å². The van der Waals surface area contributed by atoms with Gasteiger partial charge < -0.3 is 19.7 Å². The van der Waals surface area contributed by atoms with E-state index < -0.39 is 0 Å². The summed E-state index contributed by atoms with van der Waals surface area (Å²) >= 11 is 0. The average Bonchev–Trinajstić information content (AvgIpc) is 3.17. The van der Waals surface area contributed by atoms with Gasteiger partial charge in [0.2, 0.25) is 11.9 Å². The zero-order valence-electron chi connectivity index (χ0n) is 15.2. The molecule has 0 aliphatic carbocycles. The minimum Gasteiger partial charge on any atom is -0.381 e. The van der Waals surface area contributed by atoms with Crippen LogP contribution in [0.3, 0.4) is 0 Å². The first-order valence-corrected chi connectivity index (χ1v) is 9.83. The first kappa shape index (κ1) is 17.7. The van der Waals surface area contributed by atoms with E-state index in [9.17, 15) is 4.79 Å². The molecule has 3 saturated heterocycles. The predicted molar refractivity (Wildman–Crippen MR) is 96.6 cm³/mol. The SMILES string of the molecule is O=C(C1CCOCC1)N1CCC([C@@H]2OCC[C@H]2Nc2ncccn2)CC1. The van der Waals surface area contributed by atoms with E-state index in [1.807, 2.05) is 6.07 Å². The van der Waals surface area contributed by atoms with E-state index in [2.05, 4.69) is 20.2 Å². The first-order chi connectivity index (χ1) is 12.8. The van der Waals surface area contributed by atoms with Gasteiger partial charge in [-0.3, -0.25) is 4.79 Å². The number of nitrogens with one attached hydrogen (secondary N) is 1. The molecule has 0 saturated carbocycles. The fourth-order valence-corrected chi connectivity index (χ4v) is 4.42. The quantitative estimate of drug-likeness (QED) is 0.881. The van der Waals surface area contributed by atoms with Gasteiger partial charge in [0.05, 0.1) is 12.1 Å². The highest BCUT2D eigenvalue weighted by molar-refractivity contribution is 5.79. The van der Waals surface area contributed by atoms with Gasteiger partial charge in [-0.1, -0.05) is 0 Å². The summed E-state index contributed by atoms with van der Waals surface area (Å²) in [5.74, 6) is 1.64. The van der Waals surface area contributed by atoms with Gasteiger partial charge in [-0.05, 0) is 44.1 Å². The van der Waals surface area contributed by atoms with E-state index in [0.717, 1.165) is 65.0 Å². The maximum absolute atomic E-state index is 12.7. The van der Waals surface area contributed by atoms with Crippen molar-refractivity contribution in [2.75, 3.05) is 38.2 Å². The molecule has 0 radical (unpaired) electrons. The molecular weight excluding hydrogens is 332 g/mol. The second-order valence-corrected chi connectivity index (χ2v) is 7.50. The van der Waals surface area contributed by atoms with Crippen LogP contribution in [0.5, 0.6) is 0 Å². The zero-order chi connectivity index (χ0) is 17.8. The third kappa shape index (κ3) is 3.99. The molecule has 3 aliphatic rings. The van der Waals surface area contributed by atoms with E-state index in [1.54, 1.807) is 12.4 Å².